The second kappa shape index (κ2) is 30.0. The second-order valence-electron chi connectivity index (χ2n) is 38.1. The predicted molar refractivity (Wildman–Crippen MR) is 600 cm³/mol. The lowest BCUT2D eigenvalue weighted by molar-refractivity contribution is 1.02. The second-order valence-corrected chi connectivity index (χ2v) is 38.1. The molecule has 0 bridgehead atoms. The molecule has 0 aliphatic rings. The summed E-state index contributed by atoms with van der Waals surface area (Å²) in [4.78, 5) is 32.8. The van der Waals surface area contributed by atoms with Crippen LogP contribution in [0.4, 0.5) is 0 Å². The number of nitrogens with zero attached hydrogens (tertiary/aromatic N) is 12. The van der Waals surface area contributed by atoms with Crippen LogP contribution in [0.3, 0.4) is 0 Å². The molecule has 0 unspecified atom stereocenters. The zero-order chi connectivity index (χ0) is 93.8. The van der Waals surface area contributed by atoms with E-state index in [4.69, 9.17) is 29.9 Å². The quantitative estimate of drug-likeness (QED) is 0.147. The summed E-state index contributed by atoms with van der Waals surface area (Å²) in [5.41, 5.74) is 28.9. The van der Waals surface area contributed by atoms with Crippen LogP contribution >= 0.6 is 0 Å². The van der Waals surface area contributed by atoms with E-state index in [9.17, 15) is 0 Å². The SMILES string of the molecule is c1ccc(-c2ccc(-c3nc(-n4c5ccccc5c5cc6c7ccccc7n7c8ccccc8c(c54)c67)nc4ccc5ccccc5c34)cc2)cc1.c1ccc(-c2nc(-n3c4ccccc4c4cc5c6ccccc6n6c7ccccc7c(c43)c56)nc3c2ccc2ccccc23)cc1.c1ccc(-c2nc(-n3c4ccccc4c4cc5c6ccccc6n6c7ccccc7c(c43)c56)nc3ccc4ccccc4c23)cc1. The van der Waals surface area contributed by atoms with Gasteiger partial charge in [-0.25, -0.2) is 29.9 Å². The van der Waals surface area contributed by atoms with Crippen molar-refractivity contribution in [3.63, 3.8) is 0 Å². The lowest BCUT2D eigenvalue weighted by Gasteiger charge is -2.14. The third kappa shape index (κ3) is 11.0. The lowest BCUT2D eigenvalue weighted by Crippen LogP contribution is -2.04. The monoisotopic (exact) mass is 1830 g/mol. The van der Waals surface area contributed by atoms with Crippen molar-refractivity contribution in [2.75, 3.05) is 0 Å². The summed E-state index contributed by atoms with van der Waals surface area (Å²) in [5.74, 6) is 2.02. The van der Waals surface area contributed by atoms with Crippen molar-refractivity contribution in [1.29, 1.82) is 0 Å². The largest absolute Gasteiger partial charge is 0.308 e. The van der Waals surface area contributed by atoms with Crippen molar-refractivity contribution < 1.29 is 0 Å². The molecule has 12 aromatic heterocycles. The maximum Gasteiger partial charge on any atom is 0.235 e. The van der Waals surface area contributed by atoms with Crippen LogP contribution in [0.25, 0.3) is 307 Å². The molecule has 0 saturated heterocycles. The number of para-hydroxylation sites is 9. The van der Waals surface area contributed by atoms with Gasteiger partial charge >= 0.3 is 0 Å². The standard InChI is InChI=1S/C48H28N4.2C42H24N4/c1-2-12-29(13-3-1)30-22-24-32(25-23-30)45-43-33-15-5-4-14-31(33)26-27-39(43)49-48(50-45)52-41-20-10-7-17-35(41)38-28-37-34-16-6-9-19-40(34)51-42-21-11-8-18-36(42)44(46(37)51)47(38)52;1-2-13-26(14-3-1)39-37-27-15-5-4-12-25(27)22-23-33(37)43-42(44-39)46-35-20-10-7-17-29(35)32-24-31-28-16-6-9-19-34(28)45-36-21-11-8-18-30(36)38(40(31)45)41(32)46;1-2-13-26(14-3-1)38-31-23-22-25-12-4-5-15-27(25)39(31)44-42(43-38)46-35-20-10-7-17-29(35)33-24-32-28-16-6-9-19-34(28)45-36-21-11-8-18-30(36)37(40(32)45)41(33)46/h1-28H;2*1-24H. The zero-order valence-electron chi connectivity index (χ0n) is 77.2. The summed E-state index contributed by atoms with van der Waals surface area (Å²) >= 11 is 0. The summed E-state index contributed by atoms with van der Waals surface area (Å²) < 4.78 is 14.3. The fourth-order valence-corrected chi connectivity index (χ4v) is 24.7. The van der Waals surface area contributed by atoms with Crippen LogP contribution in [0.2, 0.25) is 0 Å². The predicted octanol–water partition coefficient (Wildman–Crippen LogP) is 33.8. The third-order valence-corrected chi connectivity index (χ3v) is 30.7. The zero-order valence-corrected chi connectivity index (χ0v) is 77.2. The first-order valence-electron chi connectivity index (χ1n) is 49.2. The Morgan fingerprint density at radius 3 is 0.771 bits per heavy atom. The maximum atomic E-state index is 5.58. The van der Waals surface area contributed by atoms with Crippen molar-refractivity contribution >= 4 is 245 Å². The molecule has 22 aromatic carbocycles. The van der Waals surface area contributed by atoms with E-state index in [2.05, 4.69) is 488 Å². The van der Waals surface area contributed by atoms with Gasteiger partial charge in [-0.3, -0.25) is 13.7 Å². The minimum Gasteiger partial charge on any atom is -0.308 e. The van der Waals surface area contributed by atoms with Crippen LogP contribution in [-0.2, 0) is 0 Å². The van der Waals surface area contributed by atoms with Gasteiger partial charge in [0.2, 0.25) is 17.8 Å². The Hall–Kier alpha value is -19.6. The van der Waals surface area contributed by atoms with Crippen molar-refractivity contribution in [3.05, 3.63) is 461 Å². The molecule has 12 nitrogen and oxygen atoms in total. The first kappa shape index (κ1) is 78.5. The molecule has 144 heavy (non-hydrogen) atoms. The summed E-state index contributed by atoms with van der Waals surface area (Å²) in [6.45, 7) is 0. The average molecular weight is 1830 g/mol. The van der Waals surface area contributed by atoms with Gasteiger partial charge in [-0.05, 0) is 129 Å². The van der Waals surface area contributed by atoms with E-state index >= 15 is 0 Å². The average Bonchev–Trinajstić information content (AvgIpc) is 1.52. The summed E-state index contributed by atoms with van der Waals surface area (Å²) in [6.07, 6.45) is 0. The fraction of sp³-hybridized carbons (Fsp3) is 0. The van der Waals surface area contributed by atoms with Crippen LogP contribution < -0.4 is 0 Å². The van der Waals surface area contributed by atoms with Gasteiger partial charge in [0.05, 0.1) is 116 Å². The van der Waals surface area contributed by atoms with Gasteiger partial charge in [0.1, 0.15) is 0 Å². The van der Waals surface area contributed by atoms with Crippen molar-refractivity contribution in [1.82, 2.24) is 56.8 Å². The van der Waals surface area contributed by atoms with Gasteiger partial charge in [0.15, 0.2) is 0 Å². The fourth-order valence-electron chi connectivity index (χ4n) is 24.7. The Bertz CT molecular complexity index is 11500. The molecule has 0 aliphatic carbocycles. The van der Waals surface area contributed by atoms with E-state index in [1.165, 1.54) is 174 Å². The first-order chi connectivity index (χ1) is 71.5. The highest BCUT2D eigenvalue weighted by Gasteiger charge is 2.32. The normalized spacial score (nSPS) is 12.3. The van der Waals surface area contributed by atoms with Gasteiger partial charge in [0, 0.05) is 135 Å². The molecule has 0 aliphatic heterocycles. The Morgan fingerprint density at radius 1 is 0.139 bits per heavy atom. The summed E-state index contributed by atoms with van der Waals surface area (Å²) in [6, 6.07) is 165. The van der Waals surface area contributed by atoms with Crippen LogP contribution in [0.1, 0.15) is 0 Å². The molecule has 0 saturated carbocycles. The number of fused-ring (bicyclic) bond motifs is 39. The van der Waals surface area contributed by atoms with Crippen molar-refractivity contribution in [2.45, 2.75) is 0 Å². The topological polar surface area (TPSA) is 105 Å². The van der Waals surface area contributed by atoms with Crippen LogP contribution in [0, 0.1) is 0 Å². The molecule has 12 heteroatoms. The Balaban J connectivity index is 0.0000000969. The number of hydrogen-bond donors (Lipinski definition) is 0. The maximum absolute atomic E-state index is 5.58. The number of rotatable bonds is 7. The van der Waals surface area contributed by atoms with Gasteiger partial charge in [-0.2, -0.15) is 0 Å². The smallest absolute Gasteiger partial charge is 0.235 e. The highest BCUT2D eigenvalue weighted by atomic mass is 15.2. The molecular weight excluding hydrogens is 1750 g/mol. The first-order valence-corrected chi connectivity index (χ1v) is 49.2. The van der Waals surface area contributed by atoms with E-state index in [1.54, 1.807) is 0 Å². The molecule has 0 atom stereocenters. The van der Waals surface area contributed by atoms with Gasteiger partial charge in [-0.15, -0.1) is 0 Å². The molecule has 34 aromatic rings. The summed E-state index contributed by atoms with van der Waals surface area (Å²) in [7, 11) is 0. The molecule has 12 heterocycles. The van der Waals surface area contributed by atoms with Crippen molar-refractivity contribution in [3.8, 4) is 62.7 Å². The minimum atomic E-state index is 0.666. The summed E-state index contributed by atoms with van der Waals surface area (Å²) in [5, 5.41) is 32.3. The van der Waals surface area contributed by atoms with E-state index in [0.29, 0.717) is 17.8 Å². The van der Waals surface area contributed by atoms with E-state index in [-0.39, 0.29) is 0 Å². The van der Waals surface area contributed by atoms with Gasteiger partial charge in [-0.1, -0.05) is 370 Å². The van der Waals surface area contributed by atoms with Crippen LogP contribution in [0.5, 0.6) is 0 Å². The lowest BCUT2D eigenvalue weighted by atomic mass is 9.98. The molecule has 0 spiro atoms. The van der Waals surface area contributed by atoms with Crippen LogP contribution in [-0.4, -0.2) is 56.8 Å². The third-order valence-electron chi connectivity index (χ3n) is 30.7. The van der Waals surface area contributed by atoms with Crippen molar-refractivity contribution in [2.24, 2.45) is 0 Å². The Morgan fingerprint density at radius 2 is 0.389 bits per heavy atom. The van der Waals surface area contributed by atoms with Crippen LogP contribution in [0.15, 0.2) is 461 Å². The van der Waals surface area contributed by atoms with E-state index in [1.807, 2.05) is 0 Å². The molecule has 0 N–H and O–H groups in total. The molecule has 664 valence electrons. The van der Waals surface area contributed by atoms with Gasteiger partial charge < -0.3 is 13.2 Å². The molecule has 34 rings (SSSR count). The van der Waals surface area contributed by atoms with E-state index in [0.717, 1.165) is 116 Å². The van der Waals surface area contributed by atoms with E-state index < -0.39 is 0 Å². The molecular formula is C132H76N12. The Kier molecular flexibility index (Phi) is 16.3. The Labute approximate surface area is 819 Å². The molecule has 0 fully saturated rings. The minimum absolute atomic E-state index is 0.666. The van der Waals surface area contributed by atoms with Gasteiger partial charge in [0.25, 0.3) is 0 Å². The molecule has 0 radical (unpaired) electrons. The highest BCUT2D eigenvalue weighted by molar-refractivity contribution is 6.38. The molecule has 0 amide bonds. The number of hydrogen-bond acceptors (Lipinski definition) is 6. The number of benzene rings is 22. The highest BCUT2D eigenvalue weighted by Crippen LogP contribution is 2.53. The number of aromatic nitrogens is 12.